The second-order valence-corrected chi connectivity index (χ2v) is 3.61. The number of aromatic amines is 1. The highest BCUT2D eigenvalue weighted by Crippen LogP contribution is 2.08. The Morgan fingerprint density at radius 1 is 1.28 bits per heavy atom. The Labute approximate surface area is 103 Å². The number of nitrogens with one attached hydrogen (secondary N) is 2. The highest BCUT2D eigenvalue weighted by atomic mass is 16.4. The number of nitrogens with zero attached hydrogens (tertiary/aromatic N) is 1. The SMILES string of the molecule is O=C(O)c1ccccc1C(=O)NCc1cnc[nH]1. The second kappa shape index (κ2) is 5.13. The van der Waals surface area contributed by atoms with Crippen LogP contribution in [0.5, 0.6) is 0 Å². The van der Waals surface area contributed by atoms with Gasteiger partial charge in [-0.25, -0.2) is 9.78 Å². The van der Waals surface area contributed by atoms with E-state index in [1.807, 2.05) is 0 Å². The molecule has 1 amide bonds. The lowest BCUT2D eigenvalue weighted by Gasteiger charge is -2.06. The molecule has 6 nitrogen and oxygen atoms in total. The molecule has 0 aliphatic carbocycles. The number of carbonyl (C=O) groups is 2. The smallest absolute Gasteiger partial charge is 0.336 e. The zero-order valence-corrected chi connectivity index (χ0v) is 9.38. The van der Waals surface area contributed by atoms with Crippen molar-refractivity contribution in [2.24, 2.45) is 0 Å². The molecule has 0 saturated heterocycles. The molecule has 0 aliphatic heterocycles. The standard InChI is InChI=1S/C12H11N3O3/c16-11(14-6-8-5-13-7-15-8)9-3-1-2-4-10(9)12(17)18/h1-5,7H,6H2,(H,13,15)(H,14,16)(H,17,18). The predicted octanol–water partition coefficient (Wildman–Crippen LogP) is 1.04. The van der Waals surface area contributed by atoms with Gasteiger partial charge in [-0.3, -0.25) is 4.79 Å². The molecule has 0 spiro atoms. The summed E-state index contributed by atoms with van der Waals surface area (Å²) >= 11 is 0. The molecule has 1 aromatic heterocycles. The van der Waals surface area contributed by atoms with Gasteiger partial charge in [-0.05, 0) is 12.1 Å². The van der Waals surface area contributed by atoms with E-state index in [1.165, 1.54) is 18.5 Å². The number of imidazole rings is 1. The van der Waals surface area contributed by atoms with Crippen LogP contribution < -0.4 is 5.32 Å². The maximum Gasteiger partial charge on any atom is 0.336 e. The van der Waals surface area contributed by atoms with Crippen LogP contribution in [0.4, 0.5) is 0 Å². The number of hydrogen-bond acceptors (Lipinski definition) is 3. The van der Waals surface area contributed by atoms with Crippen LogP contribution in [-0.2, 0) is 6.54 Å². The summed E-state index contributed by atoms with van der Waals surface area (Å²) in [5, 5.41) is 11.6. The lowest BCUT2D eigenvalue weighted by molar-refractivity contribution is 0.0691. The molecule has 0 saturated carbocycles. The van der Waals surface area contributed by atoms with Gasteiger partial charge in [-0.1, -0.05) is 12.1 Å². The Morgan fingerprint density at radius 2 is 2.00 bits per heavy atom. The third-order valence-electron chi connectivity index (χ3n) is 2.40. The molecule has 2 aromatic rings. The quantitative estimate of drug-likeness (QED) is 0.749. The molecule has 0 fully saturated rings. The van der Waals surface area contributed by atoms with Crippen LogP contribution >= 0.6 is 0 Å². The maximum absolute atomic E-state index is 11.9. The second-order valence-electron chi connectivity index (χ2n) is 3.61. The van der Waals surface area contributed by atoms with Crippen molar-refractivity contribution >= 4 is 11.9 Å². The summed E-state index contributed by atoms with van der Waals surface area (Å²) in [4.78, 5) is 29.5. The minimum absolute atomic E-state index is 0.0142. The number of hydrogen-bond donors (Lipinski definition) is 3. The van der Waals surface area contributed by atoms with Crippen molar-refractivity contribution < 1.29 is 14.7 Å². The monoisotopic (exact) mass is 245 g/mol. The minimum atomic E-state index is -1.12. The number of benzene rings is 1. The zero-order chi connectivity index (χ0) is 13.0. The van der Waals surface area contributed by atoms with Crippen LogP contribution in [-0.4, -0.2) is 27.0 Å². The third kappa shape index (κ3) is 2.54. The van der Waals surface area contributed by atoms with E-state index in [2.05, 4.69) is 15.3 Å². The fourth-order valence-electron chi connectivity index (χ4n) is 1.52. The number of carboxylic acids is 1. The summed E-state index contributed by atoms with van der Waals surface area (Å²) in [6, 6.07) is 6.08. The van der Waals surface area contributed by atoms with Crippen LogP contribution in [0.25, 0.3) is 0 Å². The lowest BCUT2D eigenvalue weighted by Crippen LogP contribution is -2.25. The van der Waals surface area contributed by atoms with E-state index in [-0.39, 0.29) is 17.7 Å². The summed E-state index contributed by atoms with van der Waals surface area (Å²) in [6.07, 6.45) is 3.09. The predicted molar refractivity (Wildman–Crippen MR) is 63.2 cm³/mol. The van der Waals surface area contributed by atoms with Gasteiger partial charge in [-0.2, -0.15) is 0 Å². The van der Waals surface area contributed by atoms with E-state index in [4.69, 9.17) is 5.11 Å². The fraction of sp³-hybridized carbons (Fsp3) is 0.0833. The molecule has 6 heteroatoms. The highest BCUT2D eigenvalue weighted by molar-refractivity contribution is 6.04. The summed E-state index contributed by atoms with van der Waals surface area (Å²) < 4.78 is 0. The van der Waals surface area contributed by atoms with Gasteiger partial charge in [0.2, 0.25) is 0 Å². The number of carbonyl (C=O) groups excluding carboxylic acids is 1. The number of amides is 1. The zero-order valence-electron chi connectivity index (χ0n) is 9.38. The van der Waals surface area contributed by atoms with Crippen LogP contribution in [0, 0.1) is 0 Å². The lowest BCUT2D eigenvalue weighted by atomic mass is 10.1. The molecule has 18 heavy (non-hydrogen) atoms. The van der Waals surface area contributed by atoms with Crippen molar-refractivity contribution in [2.45, 2.75) is 6.54 Å². The Morgan fingerprint density at radius 3 is 2.61 bits per heavy atom. The molecule has 1 aromatic carbocycles. The summed E-state index contributed by atoms with van der Waals surface area (Å²) in [6.45, 7) is 0.271. The van der Waals surface area contributed by atoms with Crippen LogP contribution in [0.1, 0.15) is 26.4 Å². The molecular formula is C12H11N3O3. The van der Waals surface area contributed by atoms with Crippen molar-refractivity contribution in [1.29, 1.82) is 0 Å². The molecule has 92 valence electrons. The summed E-state index contributed by atoms with van der Waals surface area (Å²) in [5.41, 5.74) is 0.875. The number of rotatable bonds is 4. The number of H-pyrrole nitrogens is 1. The van der Waals surface area contributed by atoms with Crippen molar-refractivity contribution in [3.05, 3.63) is 53.6 Å². The number of carboxylic acid groups (broad SMARTS) is 1. The van der Waals surface area contributed by atoms with Gasteiger partial charge >= 0.3 is 5.97 Å². The van der Waals surface area contributed by atoms with Crippen molar-refractivity contribution in [1.82, 2.24) is 15.3 Å². The molecule has 0 radical (unpaired) electrons. The van der Waals surface area contributed by atoms with Gasteiger partial charge in [0.1, 0.15) is 0 Å². The van der Waals surface area contributed by atoms with E-state index in [0.717, 1.165) is 5.69 Å². The fourth-order valence-corrected chi connectivity index (χ4v) is 1.52. The van der Waals surface area contributed by atoms with Crippen LogP contribution in [0.3, 0.4) is 0 Å². The number of aromatic carboxylic acids is 1. The van der Waals surface area contributed by atoms with Gasteiger partial charge < -0.3 is 15.4 Å². The molecule has 2 rings (SSSR count). The van der Waals surface area contributed by atoms with Crippen LogP contribution in [0.2, 0.25) is 0 Å². The largest absolute Gasteiger partial charge is 0.478 e. The summed E-state index contributed by atoms with van der Waals surface area (Å²) in [5.74, 6) is -1.55. The minimum Gasteiger partial charge on any atom is -0.478 e. The summed E-state index contributed by atoms with van der Waals surface area (Å²) in [7, 11) is 0. The van der Waals surface area contributed by atoms with E-state index in [9.17, 15) is 9.59 Å². The molecule has 0 atom stereocenters. The Hall–Kier alpha value is -2.63. The normalized spacial score (nSPS) is 10.0. The maximum atomic E-state index is 11.9. The van der Waals surface area contributed by atoms with Crippen molar-refractivity contribution in [3.63, 3.8) is 0 Å². The molecular weight excluding hydrogens is 234 g/mol. The Bertz CT molecular complexity index is 564. The average Bonchev–Trinajstić information content (AvgIpc) is 2.89. The van der Waals surface area contributed by atoms with Crippen molar-refractivity contribution in [3.8, 4) is 0 Å². The third-order valence-corrected chi connectivity index (χ3v) is 2.40. The molecule has 0 aliphatic rings. The Kier molecular flexibility index (Phi) is 3.38. The first-order valence-corrected chi connectivity index (χ1v) is 5.26. The van der Waals surface area contributed by atoms with E-state index in [1.54, 1.807) is 18.3 Å². The van der Waals surface area contributed by atoms with Crippen LogP contribution in [0.15, 0.2) is 36.8 Å². The van der Waals surface area contributed by atoms with Gasteiger partial charge in [-0.15, -0.1) is 0 Å². The molecule has 0 bridgehead atoms. The first-order chi connectivity index (χ1) is 8.68. The molecule has 1 heterocycles. The Balaban J connectivity index is 2.11. The molecule has 3 N–H and O–H groups in total. The topological polar surface area (TPSA) is 95.1 Å². The first kappa shape index (κ1) is 11.8. The first-order valence-electron chi connectivity index (χ1n) is 5.26. The van der Waals surface area contributed by atoms with Crippen molar-refractivity contribution in [2.75, 3.05) is 0 Å². The van der Waals surface area contributed by atoms with E-state index in [0.29, 0.717) is 0 Å². The van der Waals surface area contributed by atoms with Gasteiger partial charge in [0.15, 0.2) is 0 Å². The highest BCUT2D eigenvalue weighted by Gasteiger charge is 2.15. The van der Waals surface area contributed by atoms with Gasteiger partial charge in [0.25, 0.3) is 5.91 Å². The van der Waals surface area contributed by atoms with E-state index < -0.39 is 11.9 Å². The number of aromatic nitrogens is 2. The van der Waals surface area contributed by atoms with E-state index >= 15 is 0 Å². The van der Waals surface area contributed by atoms with Gasteiger partial charge in [0, 0.05) is 6.20 Å². The van der Waals surface area contributed by atoms with Gasteiger partial charge in [0.05, 0.1) is 29.7 Å². The molecule has 0 unspecified atom stereocenters. The average molecular weight is 245 g/mol.